The average Bonchev–Trinajstić information content (AvgIpc) is 2.58. The standard InChI is InChI=1S/C17H22N4O3/c1-6-7-18-15-10-16(20-11(2)19-15)21-12-8-13(22-3)17(24-5)14(9-12)23-4/h6,8-10H,1,7H2,2-5H3,(H2,18,19,20,21). The lowest BCUT2D eigenvalue weighted by Gasteiger charge is -2.15. The van der Waals surface area contributed by atoms with E-state index < -0.39 is 0 Å². The Morgan fingerprint density at radius 2 is 1.62 bits per heavy atom. The van der Waals surface area contributed by atoms with Crippen LogP contribution in [0.5, 0.6) is 17.2 Å². The van der Waals surface area contributed by atoms with E-state index in [2.05, 4.69) is 27.2 Å². The van der Waals surface area contributed by atoms with Gasteiger partial charge >= 0.3 is 0 Å². The SMILES string of the molecule is C=CCNc1cc(Nc2cc(OC)c(OC)c(OC)c2)nc(C)n1. The Labute approximate surface area is 141 Å². The molecule has 128 valence electrons. The van der Waals surface area contributed by atoms with Crippen LogP contribution in [0.2, 0.25) is 0 Å². The van der Waals surface area contributed by atoms with E-state index >= 15 is 0 Å². The molecule has 0 aliphatic heterocycles. The molecule has 24 heavy (non-hydrogen) atoms. The first-order chi connectivity index (χ1) is 11.6. The minimum Gasteiger partial charge on any atom is -0.493 e. The highest BCUT2D eigenvalue weighted by Gasteiger charge is 2.13. The van der Waals surface area contributed by atoms with Gasteiger partial charge in [0.1, 0.15) is 17.5 Å². The number of benzene rings is 1. The maximum atomic E-state index is 5.36. The third kappa shape index (κ3) is 4.07. The lowest BCUT2D eigenvalue weighted by Crippen LogP contribution is -2.05. The Morgan fingerprint density at radius 1 is 1.00 bits per heavy atom. The van der Waals surface area contributed by atoms with Crippen molar-refractivity contribution < 1.29 is 14.2 Å². The zero-order valence-electron chi connectivity index (χ0n) is 14.3. The molecule has 0 aliphatic rings. The Hall–Kier alpha value is -2.96. The molecule has 0 unspecified atom stereocenters. The normalized spacial score (nSPS) is 10.0. The van der Waals surface area contributed by atoms with Gasteiger partial charge in [-0.25, -0.2) is 9.97 Å². The maximum Gasteiger partial charge on any atom is 0.203 e. The molecular weight excluding hydrogens is 308 g/mol. The zero-order valence-corrected chi connectivity index (χ0v) is 14.3. The van der Waals surface area contributed by atoms with E-state index in [9.17, 15) is 0 Å². The summed E-state index contributed by atoms with van der Waals surface area (Å²) in [4.78, 5) is 8.72. The molecule has 2 N–H and O–H groups in total. The van der Waals surface area contributed by atoms with Crippen LogP contribution >= 0.6 is 0 Å². The Morgan fingerprint density at radius 3 is 2.17 bits per heavy atom. The van der Waals surface area contributed by atoms with Crippen LogP contribution in [0.4, 0.5) is 17.3 Å². The molecule has 1 aromatic carbocycles. The second-order valence-electron chi connectivity index (χ2n) is 4.89. The highest BCUT2D eigenvalue weighted by Crippen LogP contribution is 2.40. The smallest absolute Gasteiger partial charge is 0.203 e. The zero-order chi connectivity index (χ0) is 17.5. The van der Waals surface area contributed by atoms with Crippen molar-refractivity contribution in [3.05, 3.63) is 36.7 Å². The number of ether oxygens (including phenoxy) is 3. The van der Waals surface area contributed by atoms with Gasteiger partial charge in [0.05, 0.1) is 21.3 Å². The van der Waals surface area contributed by atoms with E-state index in [1.807, 2.05) is 25.1 Å². The van der Waals surface area contributed by atoms with Crippen LogP contribution < -0.4 is 24.8 Å². The molecule has 1 aromatic heterocycles. The summed E-state index contributed by atoms with van der Waals surface area (Å²) < 4.78 is 16.0. The van der Waals surface area contributed by atoms with Crippen molar-refractivity contribution in [3.63, 3.8) is 0 Å². The maximum absolute atomic E-state index is 5.36. The lowest BCUT2D eigenvalue weighted by atomic mass is 10.2. The fourth-order valence-electron chi connectivity index (χ4n) is 2.20. The van der Waals surface area contributed by atoms with E-state index in [1.165, 1.54) is 0 Å². The second-order valence-corrected chi connectivity index (χ2v) is 4.89. The average molecular weight is 330 g/mol. The van der Waals surface area contributed by atoms with Crippen LogP contribution in [0.1, 0.15) is 5.82 Å². The molecule has 7 heteroatoms. The summed E-state index contributed by atoms with van der Waals surface area (Å²) in [6.45, 7) is 6.14. The number of aromatic nitrogens is 2. The molecule has 0 bridgehead atoms. The molecule has 0 atom stereocenters. The number of nitrogens with one attached hydrogen (secondary N) is 2. The van der Waals surface area contributed by atoms with E-state index in [0.717, 1.165) is 11.5 Å². The van der Waals surface area contributed by atoms with Gasteiger partial charge in [0.15, 0.2) is 11.5 Å². The topological polar surface area (TPSA) is 77.5 Å². The number of aryl methyl sites for hydroxylation is 1. The van der Waals surface area contributed by atoms with Crippen LogP contribution in [0.25, 0.3) is 0 Å². The summed E-state index contributed by atoms with van der Waals surface area (Å²) in [6.07, 6.45) is 1.77. The van der Waals surface area contributed by atoms with Crippen molar-refractivity contribution >= 4 is 17.3 Å². The molecular formula is C17H22N4O3. The van der Waals surface area contributed by atoms with Gasteiger partial charge in [-0.1, -0.05) is 6.08 Å². The first-order valence-electron chi connectivity index (χ1n) is 7.38. The number of anilines is 3. The molecule has 2 aromatic rings. The molecule has 0 fully saturated rings. The van der Waals surface area contributed by atoms with Gasteiger partial charge < -0.3 is 24.8 Å². The van der Waals surface area contributed by atoms with Crippen LogP contribution in [-0.2, 0) is 0 Å². The summed E-state index contributed by atoms with van der Waals surface area (Å²) in [5, 5.41) is 6.38. The Balaban J connectivity index is 2.33. The Bertz CT molecular complexity index is 694. The fourth-order valence-corrected chi connectivity index (χ4v) is 2.20. The third-order valence-electron chi connectivity index (χ3n) is 3.20. The molecule has 0 saturated heterocycles. The van der Waals surface area contributed by atoms with Crippen molar-refractivity contribution in [2.24, 2.45) is 0 Å². The fraction of sp³-hybridized carbons (Fsp3) is 0.294. The predicted octanol–water partition coefficient (Wildman–Crippen LogP) is 3.15. The summed E-state index contributed by atoms with van der Waals surface area (Å²) in [6, 6.07) is 5.45. The Kier molecular flexibility index (Phi) is 5.83. The van der Waals surface area contributed by atoms with Crippen molar-refractivity contribution in [1.82, 2.24) is 9.97 Å². The number of rotatable bonds is 8. The molecule has 2 rings (SSSR count). The summed E-state index contributed by atoms with van der Waals surface area (Å²) >= 11 is 0. The van der Waals surface area contributed by atoms with Crippen molar-refractivity contribution in [3.8, 4) is 17.2 Å². The number of nitrogens with zero attached hydrogens (tertiary/aromatic N) is 2. The van der Waals surface area contributed by atoms with Crippen LogP contribution in [0.15, 0.2) is 30.9 Å². The van der Waals surface area contributed by atoms with Crippen molar-refractivity contribution in [2.45, 2.75) is 6.92 Å². The van der Waals surface area contributed by atoms with Gasteiger partial charge in [-0.05, 0) is 6.92 Å². The minimum absolute atomic E-state index is 0.540. The number of hydrogen-bond acceptors (Lipinski definition) is 7. The van der Waals surface area contributed by atoms with Crippen LogP contribution in [0.3, 0.4) is 0 Å². The molecule has 0 spiro atoms. The summed E-state index contributed by atoms with van der Waals surface area (Å²) in [5.41, 5.74) is 0.761. The van der Waals surface area contributed by atoms with Gasteiger partial charge in [-0.3, -0.25) is 0 Å². The number of hydrogen-bond donors (Lipinski definition) is 2. The third-order valence-corrected chi connectivity index (χ3v) is 3.20. The van der Waals surface area contributed by atoms with Crippen molar-refractivity contribution in [1.29, 1.82) is 0 Å². The monoisotopic (exact) mass is 330 g/mol. The molecule has 0 aliphatic carbocycles. The molecule has 1 heterocycles. The molecule has 7 nitrogen and oxygen atoms in total. The quantitative estimate of drug-likeness (QED) is 0.720. The van der Waals surface area contributed by atoms with E-state index in [-0.39, 0.29) is 0 Å². The van der Waals surface area contributed by atoms with Gasteiger partial charge in [-0.15, -0.1) is 6.58 Å². The minimum atomic E-state index is 0.540. The molecule has 0 saturated carbocycles. The van der Waals surface area contributed by atoms with Gasteiger partial charge in [0.2, 0.25) is 5.75 Å². The van der Waals surface area contributed by atoms with Gasteiger partial charge in [0.25, 0.3) is 0 Å². The van der Waals surface area contributed by atoms with Gasteiger partial charge in [0, 0.05) is 30.4 Å². The van der Waals surface area contributed by atoms with E-state index in [0.29, 0.717) is 35.4 Å². The molecule has 0 radical (unpaired) electrons. The van der Waals surface area contributed by atoms with Crippen LogP contribution in [0, 0.1) is 6.92 Å². The summed E-state index contributed by atoms with van der Waals surface area (Å²) in [7, 11) is 4.72. The highest BCUT2D eigenvalue weighted by molar-refractivity contribution is 5.67. The second kappa shape index (κ2) is 8.05. The van der Waals surface area contributed by atoms with Crippen molar-refractivity contribution in [2.75, 3.05) is 38.5 Å². The first-order valence-corrected chi connectivity index (χ1v) is 7.38. The van der Waals surface area contributed by atoms with Gasteiger partial charge in [-0.2, -0.15) is 0 Å². The predicted molar refractivity (Wildman–Crippen MR) is 94.8 cm³/mol. The highest BCUT2D eigenvalue weighted by atomic mass is 16.5. The first kappa shape index (κ1) is 17.4. The summed E-state index contributed by atoms with van der Waals surface area (Å²) in [5.74, 6) is 3.70. The van der Waals surface area contributed by atoms with E-state index in [1.54, 1.807) is 27.4 Å². The van der Waals surface area contributed by atoms with E-state index in [4.69, 9.17) is 14.2 Å². The van der Waals surface area contributed by atoms with Crippen LogP contribution in [-0.4, -0.2) is 37.8 Å². The number of methoxy groups -OCH3 is 3. The molecule has 0 amide bonds. The lowest BCUT2D eigenvalue weighted by molar-refractivity contribution is 0.324. The largest absolute Gasteiger partial charge is 0.493 e.